The molecule has 0 aliphatic carbocycles. The van der Waals surface area contributed by atoms with Gasteiger partial charge in [0.05, 0.1) is 104 Å². The van der Waals surface area contributed by atoms with Crippen molar-refractivity contribution in [3.8, 4) is 0 Å². The second-order valence-corrected chi connectivity index (χ2v) is 37.7. The van der Waals surface area contributed by atoms with Gasteiger partial charge in [-0.05, 0) is 13.8 Å². The molecule has 4 aromatic heterocycles. The van der Waals surface area contributed by atoms with Crippen LogP contribution in [0.15, 0.2) is 25.3 Å². The minimum absolute atomic E-state index is 0.0268. The Kier molecular flexibility index (Phi) is 44.1. The first-order valence-corrected chi connectivity index (χ1v) is 45.7. The second kappa shape index (κ2) is 49.8. The highest BCUT2D eigenvalue weighted by Gasteiger charge is 2.50. The minimum Gasteiger partial charge on any atom is -0.790 e. The molecule has 68 heteroatoms. The lowest BCUT2D eigenvalue weighted by atomic mass is 9.87. The van der Waals surface area contributed by atoms with Gasteiger partial charge in [0, 0.05) is 75.5 Å². The molecule has 0 spiro atoms. The summed E-state index contributed by atoms with van der Waals surface area (Å²) in [6.45, 7) is 1.43. The lowest BCUT2D eigenvalue weighted by Gasteiger charge is -2.36. The predicted molar refractivity (Wildman–Crippen MR) is 405 cm³/mol. The summed E-state index contributed by atoms with van der Waals surface area (Å²) in [7, 11) is -35.3. The number of hydrogen-bond donors (Lipinski definition) is 18. The number of nitrogens with two attached hydrogens (primary N) is 2. The van der Waals surface area contributed by atoms with Crippen molar-refractivity contribution in [2.45, 2.75) is 191 Å². The highest BCUT2D eigenvalue weighted by atomic mass is 31.3. The Morgan fingerprint density at radius 1 is 0.438 bits per heavy atom. The van der Waals surface area contributed by atoms with Crippen LogP contribution in [0.25, 0.3) is 22.3 Å². The highest BCUT2D eigenvalue weighted by molar-refractivity contribution is 7.60. The van der Waals surface area contributed by atoms with Crippen molar-refractivity contribution >= 4 is 152 Å². The zero-order valence-electron chi connectivity index (χ0n) is 68.7. The summed E-state index contributed by atoms with van der Waals surface area (Å²) in [5, 5.41) is 120. The van der Waals surface area contributed by atoms with Crippen molar-refractivity contribution in [2.75, 3.05) is 64.1 Å². The predicted octanol–water partition coefficient (Wildman–Crippen LogP) is -9.22. The van der Waals surface area contributed by atoms with Crippen LogP contribution in [0.5, 0.6) is 0 Å². The molecule has 736 valence electrons. The third-order valence-corrected chi connectivity index (χ3v) is 22.9. The quantitative estimate of drug-likeness (QED) is 0.0183. The molecule has 0 aromatic carbocycles. The Morgan fingerprint density at radius 2 is 0.746 bits per heavy atom. The number of aliphatic hydroxyl groups excluding tert-OH is 4. The van der Waals surface area contributed by atoms with Gasteiger partial charge in [-0.15, -0.1) is 0 Å². The monoisotopic (exact) mass is 1990 g/mol. The Balaban J connectivity index is 0.000000557. The number of carbonyl (C=O) groups excluding carboxylic acids is 6. The number of carboxylic acids is 6. The van der Waals surface area contributed by atoms with Gasteiger partial charge in [-0.1, -0.05) is 27.7 Å². The van der Waals surface area contributed by atoms with E-state index in [2.05, 4.69) is 86.9 Å². The maximum absolute atomic E-state index is 12.5. The van der Waals surface area contributed by atoms with E-state index in [1.807, 2.05) is 0 Å². The average molecular weight is 1990 g/mol. The van der Waals surface area contributed by atoms with E-state index in [-0.39, 0.29) is 117 Å². The van der Waals surface area contributed by atoms with Crippen LogP contribution in [-0.2, 0) is 130 Å². The molecule has 130 heavy (non-hydrogen) atoms. The molecule has 2 saturated heterocycles. The first-order valence-electron chi connectivity index (χ1n) is 36.9. The van der Waals surface area contributed by atoms with E-state index in [1.165, 1.54) is 13.8 Å². The van der Waals surface area contributed by atoms with Gasteiger partial charge < -0.3 is 179 Å². The molecule has 4 amide bonds. The van der Waals surface area contributed by atoms with Gasteiger partial charge >= 0.3 is 35.8 Å². The molecule has 6 heterocycles. The number of aliphatic hydroxyl groups is 6. The second-order valence-electron chi connectivity index (χ2n) is 29.6. The lowest BCUT2D eigenvalue weighted by Crippen LogP contribution is -2.46. The normalized spacial score (nSPS) is 20.5. The molecule has 2 fully saturated rings. The van der Waals surface area contributed by atoms with Gasteiger partial charge in [0.2, 0.25) is 23.6 Å². The standard InChI is InChI=1S/C27H44N7O20P3.C25H40N7O19P3.C6H10O5.C4H6O4/c1-26(2,21(40)24(41)30-7-5-16(36)29-6-4-14(35)8-27(3,42)9-17(37)38)11-51-57(48,49)54-56(46,47)50-10-15-20(53-55(43,44)45)19(39)25(52-15)34-13-33-18-22(28)31-12-32-23(18)34;1-25(2,20(38)23(39)28-8-6-15(34)27-7-5-13(33)3-4-16(35)36)10-48-54(45,46)51-53(43,44)47-9-14-19(50-52(40,41)42)18(37)24(49-14)32-12-31-17-21(26)29-11-30-22(17)32;1-6(11,2-4(7)8)3-5(9)10;5-3(6)1-2-4(7)8/h12-13,15,19-21,25,39-40,42H,4-11H2,1-3H3,(H,29,36)(H,30,41)(H,37,38)(H,46,47)(H,48,49)(H2,28,31,32)(H2,43,44,45);11-12,14,18-20,24,37-38H,3-10H2,1-2H3,(H,27,34)(H,28,39)(H,35,36)(H,43,44)(H,45,46)(H2,26,29,30)(H2,40,41,42);11H,2-3H2,1H3,(H,7,8)(H,9,10);1-2H2,(H,5,6)(H,7,8)/p-8. The van der Waals surface area contributed by atoms with Gasteiger partial charge in [-0.25, -0.2) is 38.5 Å². The molecule has 20 N–H and O–H groups in total. The number of Topliss-reactive ketones (excluding diaryl/α,β-unsaturated/α-hetero) is 2. The van der Waals surface area contributed by atoms with Gasteiger partial charge in [0.25, 0.3) is 31.3 Å². The maximum Gasteiger partial charge on any atom is 0.306 e. The molecule has 0 radical (unpaired) electrons. The molecular weight excluding hydrogens is 1890 g/mol. The van der Waals surface area contributed by atoms with Crippen molar-refractivity contribution in [2.24, 2.45) is 10.8 Å². The summed E-state index contributed by atoms with van der Waals surface area (Å²) in [6.07, 6.45) is -19.4. The molecule has 0 bridgehead atoms. The molecule has 2 aliphatic rings. The van der Waals surface area contributed by atoms with E-state index in [0.717, 1.165) is 62.1 Å². The van der Waals surface area contributed by atoms with Crippen LogP contribution in [0.3, 0.4) is 0 Å². The number of aromatic nitrogens is 8. The van der Waals surface area contributed by atoms with E-state index in [1.54, 1.807) is 0 Å². The van der Waals surface area contributed by atoms with Crippen molar-refractivity contribution in [1.82, 2.24) is 60.3 Å². The number of ketones is 2. The first kappa shape index (κ1) is 115. The molecular formula is C62H92N14O48P6-8. The number of hydrogen-bond acceptors (Lipinski definition) is 50. The third-order valence-electron chi connectivity index (χ3n) is 16.9. The van der Waals surface area contributed by atoms with Crippen LogP contribution in [0.1, 0.15) is 131 Å². The zero-order chi connectivity index (χ0) is 99.4. The Labute approximate surface area is 731 Å². The fraction of sp³-hybridized carbons (Fsp3) is 0.645. The average Bonchev–Trinajstić information content (AvgIpc) is 1.62. The van der Waals surface area contributed by atoms with Crippen LogP contribution in [-0.4, -0.2) is 284 Å². The number of fused-ring (bicyclic) bond motifs is 2. The fourth-order valence-corrected chi connectivity index (χ4v) is 16.2. The highest BCUT2D eigenvalue weighted by Crippen LogP contribution is 2.58. The minimum atomic E-state index is -5.95. The van der Waals surface area contributed by atoms with Gasteiger partial charge in [-0.3, -0.25) is 84.9 Å². The van der Waals surface area contributed by atoms with Crippen molar-refractivity contribution in [3.63, 3.8) is 0 Å². The van der Waals surface area contributed by atoms with E-state index < -0.39 is 248 Å². The lowest BCUT2D eigenvalue weighted by molar-refractivity contribution is -0.348. The molecule has 2 aliphatic heterocycles. The fourth-order valence-electron chi connectivity index (χ4n) is 10.7. The summed E-state index contributed by atoms with van der Waals surface area (Å²) in [5.41, 5.74) is 4.53. The van der Waals surface area contributed by atoms with Crippen LogP contribution in [0.2, 0.25) is 0 Å². The van der Waals surface area contributed by atoms with E-state index in [0.29, 0.717) is 0 Å². The van der Waals surface area contributed by atoms with Crippen LogP contribution in [0, 0.1) is 10.8 Å². The number of rotatable bonds is 52. The summed E-state index contributed by atoms with van der Waals surface area (Å²) in [5.74, 6) is -11.5. The SMILES string of the molecule is CC(C)(COP(=O)([O-])OP(=O)([O-])OCC1OC(n2cnc3c(N)ncnc32)C(O)C1OP(=O)([O-])[O-])C(O)C(=O)NCCC(=O)NCCC(=O)CCC(=O)O.CC(O)(CC(=O)O)CC(=O)CCNC(=O)CCNC(=O)C(O)C(C)(C)COP(=O)([O-])OP(=O)([O-])OCC1OC(n2cnc3c(N)ncnc32)C(O)C1OP(=O)([O-])[O-].CC(O)(CC(=O)O)CC(=O)O.O=C(O)CCC(=O)O. The Hall–Kier alpha value is -8.84. The molecule has 6 rings (SSSR count). The zero-order valence-corrected chi connectivity index (χ0v) is 74.1. The smallest absolute Gasteiger partial charge is 0.306 e. The molecule has 4 aromatic rings. The number of imidazole rings is 2. The number of nitrogens with one attached hydrogen (secondary N) is 4. The summed E-state index contributed by atoms with van der Waals surface area (Å²) in [4.78, 5) is 252. The van der Waals surface area contributed by atoms with Crippen LogP contribution >= 0.6 is 46.9 Å². The number of phosphoric acid groups is 6. The van der Waals surface area contributed by atoms with Crippen molar-refractivity contribution < 1.29 is 231 Å². The number of aliphatic carboxylic acids is 6. The van der Waals surface area contributed by atoms with Crippen molar-refractivity contribution in [3.05, 3.63) is 25.3 Å². The summed E-state index contributed by atoms with van der Waals surface area (Å²) >= 11 is 0. The number of amides is 4. The number of nitrogen functional groups attached to an aromatic ring is 2. The molecule has 0 saturated carbocycles. The Bertz CT molecular complexity index is 4900. The topological polar surface area (TPSA) is 1010 Å². The first-order chi connectivity index (χ1) is 59.5. The third kappa shape index (κ3) is 41.9. The largest absolute Gasteiger partial charge is 0.790 e. The maximum atomic E-state index is 12.5. The summed E-state index contributed by atoms with van der Waals surface area (Å²) < 4.78 is 121. The number of ether oxygens (including phenoxy) is 2. The summed E-state index contributed by atoms with van der Waals surface area (Å²) in [6, 6.07) is 0. The van der Waals surface area contributed by atoms with Gasteiger partial charge in [0.15, 0.2) is 35.4 Å². The van der Waals surface area contributed by atoms with Crippen LogP contribution in [0.4, 0.5) is 11.6 Å². The Morgan fingerprint density at radius 3 is 1.07 bits per heavy atom. The van der Waals surface area contributed by atoms with Gasteiger partial charge in [0.1, 0.15) is 84.1 Å². The van der Waals surface area contributed by atoms with Crippen LogP contribution < -0.4 is 71.9 Å². The number of carbonyl (C=O) groups is 12. The molecule has 15 atom stereocenters. The number of phosphoric ester groups is 6. The van der Waals surface area contributed by atoms with Crippen molar-refractivity contribution in [1.29, 1.82) is 0 Å². The molecule has 62 nitrogen and oxygen atoms in total. The van der Waals surface area contributed by atoms with E-state index in [9.17, 15) is 150 Å². The van der Waals surface area contributed by atoms with E-state index >= 15 is 0 Å². The number of carboxylic acid groups (broad SMARTS) is 6. The number of nitrogens with zero attached hydrogens (tertiary/aromatic N) is 8. The molecule has 15 unspecified atom stereocenters. The van der Waals surface area contributed by atoms with E-state index in [4.69, 9.17) is 56.7 Å². The number of anilines is 2. The van der Waals surface area contributed by atoms with Gasteiger partial charge in [-0.2, -0.15) is 0 Å².